The second kappa shape index (κ2) is 19.0. The first kappa shape index (κ1) is 37.5. The van der Waals surface area contributed by atoms with Crippen LogP contribution in [0, 0.1) is 0 Å². The zero-order valence-corrected chi connectivity index (χ0v) is 29.3. The maximum atomic E-state index is 12.5. The highest BCUT2D eigenvalue weighted by molar-refractivity contribution is 5.93. The molecule has 0 atom stereocenters. The summed E-state index contributed by atoms with van der Waals surface area (Å²) in [7, 11) is 0. The number of anilines is 2. The van der Waals surface area contributed by atoms with Crippen molar-refractivity contribution in [3.05, 3.63) is 157 Å². The second-order valence-electron chi connectivity index (χ2n) is 11.5. The molecule has 0 aliphatic rings. The Morgan fingerprint density at radius 1 is 0.604 bits per heavy atom. The van der Waals surface area contributed by atoms with Crippen LogP contribution in [0.25, 0.3) is 0 Å². The number of para-hydroxylation sites is 4. The summed E-state index contributed by atoms with van der Waals surface area (Å²) in [6.07, 6.45) is 3.22. The number of rotatable bonds is 13. The molecule has 0 unspecified atom stereocenters. The molecule has 11 heteroatoms. The predicted octanol–water partition coefficient (Wildman–Crippen LogP) is 8.91. The maximum absolute atomic E-state index is 12.5. The Labute approximate surface area is 307 Å². The summed E-state index contributed by atoms with van der Waals surface area (Å²) in [5.74, 6) is 2.25. The number of benzene rings is 4. The van der Waals surface area contributed by atoms with Gasteiger partial charge in [-0.3, -0.25) is 9.59 Å². The van der Waals surface area contributed by atoms with Gasteiger partial charge >= 0.3 is 0 Å². The number of halogens is 1. The molecule has 0 aliphatic heterocycles. The van der Waals surface area contributed by atoms with Crippen LogP contribution in [0.2, 0.25) is 0 Å². The summed E-state index contributed by atoms with van der Waals surface area (Å²) >= 11 is 0. The summed E-state index contributed by atoms with van der Waals surface area (Å²) in [5.41, 5.74) is 2.49. The number of amides is 2. The average Bonchev–Trinajstić information content (AvgIpc) is 3.18. The van der Waals surface area contributed by atoms with E-state index in [0.717, 1.165) is 5.56 Å². The van der Waals surface area contributed by atoms with E-state index in [1.807, 2.05) is 84.9 Å². The molecule has 2 amide bonds. The predicted molar refractivity (Wildman–Crippen MR) is 201 cm³/mol. The van der Waals surface area contributed by atoms with Crippen LogP contribution in [0.15, 0.2) is 146 Å². The molecule has 4 aromatic carbocycles. The van der Waals surface area contributed by atoms with E-state index >= 15 is 0 Å². The third-order valence-corrected chi connectivity index (χ3v) is 7.72. The topological polar surface area (TPSA) is 114 Å². The zero-order valence-electron chi connectivity index (χ0n) is 29.3. The summed E-state index contributed by atoms with van der Waals surface area (Å²) < 4.78 is 29.7. The standard InChI is InChI=1S/C22H21FN2O3.C20H18N2O3/c1-17(26)25(16-18-8-5-6-12-21(18)27-15-13-23)20-11-7-14-24-22(20)28-19-9-3-2-4-10-19;1-15(23)22(14-16-8-5-6-12-19(16)24)18-11-7-13-21-20(18)25-17-9-3-2-4-10-17/h2-12,14H,13,15-16H2,1H3;2-13,24H,14H2,1H3. The number of carbonyl (C=O) groups is 2. The van der Waals surface area contributed by atoms with Crippen LogP contribution in [0.1, 0.15) is 25.0 Å². The minimum absolute atomic E-state index is 0.0354. The molecule has 53 heavy (non-hydrogen) atoms. The first-order valence-corrected chi connectivity index (χ1v) is 16.8. The highest BCUT2D eigenvalue weighted by Crippen LogP contribution is 2.34. The Balaban J connectivity index is 0.000000206. The number of aromatic nitrogens is 2. The van der Waals surface area contributed by atoms with Crippen molar-refractivity contribution in [2.75, 3.05) is 23.1 Å². The molecule has 0 fully saturated rings. The van der Waals surface area contributed by atoms with Crippen LogP contribution >= 0.6 is 0 Å². The van der Waals surface area contributed by atoms with Gasteiger partial charge in [-0.1, -0.05) is 72.8 Å². The number of phenolic OH excluding ortho intramolecular Hbond substituents is 1. The van der Waals surface area contributed by atoms with E-state index in [1.165, 1.54) is 18.7 Å². The maximum Gasteiger partial charge on any atom is 0.243 e. The minimum Gasteiger partial charge on any atom is -0.508 e. The number of hydrogen-bond donors (Lipinski definition) is 1. The molecule has 6 rings (SSSR count). The lowest BCUT2D eigenvalue weighted by atomic mass is 10.1. The number of aromatic hydroxyl groups is 1. The first-order chi connectivity index (χ1) is 25.8. The van der Waals surface area contributed by atoms with Crippen molar-refractivity contribution < 1.29 is 33.3 Å². The molecule has 0 spiro atoms. The Bertz CT molecular complexity index is 2080. The number of phenols is 1. The minimum atomic E-state index is -0.581. The molecule has 0 radical (unpaired) electrons. The Hall–Kier alpha value is -6.75. The molecule has 10 nitrogen and oxygen atoms in total. The van der Waals surface area contributed by atoms with E-state index in [1.54, 1.807) is 65.8 Å². The van der Waals surface area contributed by atoms with Crippen LogP contribution < -0.4 is 24.0 Å². The fraction of sp³-hybridized carbons (Fsp3) is 0.143. The number of ether oxygens (including phenoxy) is 3. The van der Waals surface area contributed by atoms with E-state index in [9.17, 15) is 19.1 Å². The fourth-order valence-electron chi connectivity index (χ4n) is 5.17. The molecular weight excluding hydrogens is 675 g/mol. The number of hydrogen-bond acceptors (Lipinski definition) is 8. The van der Waals surface area contributed by atoms with Crippen LogP contribution in [-0.4, -0.2) is 40.2 Å². The van der Waals surface area contributed by atoms with Crippen LogP contribution in [0.3, 0.4) is 0 Å². The van der Waals surface area contributed by atoms with Gasteiger partial charge in [0.05, 0.1) is 13.1 Å². The van der Waals surface area contributed by atoms with Crippen molar-refractivity contribution >= 4 is 23.2 Å². The van der Waals surface area contributed by atoms with E-state index in [-0.39, 0.29) is 37.3 Å². The molecule has 0 bridgehead atoms. The SMILES string of the molecule is CC(=O)N(Cc1ccccc1O)c1cccnc1Oc1ccccc1.CC(=O)N(Cc1ccccc1OCCF)c1cccnc1Oc1ccccc1. The molecule has 0 aliphatic carbocycles. The largest absolute Gasteiger partial charge is 0.508 e. The van der Waals surface area contributed by atoms with E-state index in [0.29, 0.717) is 45.9 Å². The molecule has 0 saturated carbocycles. The Morgan fingerprint density at radius 3 is 1.55 bits per heavy atom. The van der Waals surface area contributed by atoms with Gasteiger partial charge in [0.2, 0.25) is 23.6 Å². The lowest BCUT2D eigenvalue weighted by molar-refractivity contribution is -0.117. The van der Waals surface area contributed by atoms with Crippen molar-refractivity contribution in [3.8, 4) is 34.8 Å². The van der Waals surface area contributed by atoms with Gasteiger partial charge in [0.15, 0.2) is 0 Å². The zero-order chi connectivity index (χ0) is 37.4. The Morgan fingerprint density at radius 2 is 1.06 bits per heavy atom. The van der Waals surface area contributed by atoms with Crippen LogP contribution in [-0.2, 0) is 22.7 Å². The van der Waals surface area contributed by atoms with Crippen molar-refractivity contribution in [2.45, 2.75) is 26.9 Å². The first-order valence-electron chi connectivity index (χ1n) is 16.8. The third kappa shape index (κ3) is 10.6. The summed E-state index contributed by atoms with van der Waals surface area (Å²) in [6, 6.07) is 39.7. The monoisotopic (exact) mass is 714 g/mol. The van der Waals surface area contributed by atoms with E-state index in [4.69, 9.17) is 14.2 Å². The van der Waals surface area contributed by atoms with Crippen molar-refractivity contribution in [2.24, 2.45) is 0 Å². The highest BCUT2D eigenvalue weighted by atomic mass is 19.1. The normalized spacial score (nSPS) is 10.3. The van der Waals surface area contributed by atoms with Crippen molar-refractivity contribution in [1.29, 1.82) is 0 Å². The number of carbonyl (C=O) groups excluding carboxylic acids is 2. The van der Waals surface area contributed by atoms with Crippen LogP contribution in [0.5, 0.6) is 34.8 Å². The highest BCUT2D eigenvalue weighted by Gasteiger charge is 2.21. The molecule has 270 valence electrons. The lowest BCUT2D eigenvalue weighted by Crippen LogP contribution is -2.28. The molecule has 1 N–H and O–H groups in total. The fourth-order valence-corrected chi connectivity index (χ4v) is 5.17. The van der Waals surface area contributed by atoms with Gasteiger partial charge in [0, 0.05) is 37.4 Å². The van der Waals surface area contributed by atoms with E-state index in [2.05, 4.69) is 9.97 Å². The van der Waals surface area contributed by atoms with Crippen molar-refractivity contribution in [3.63, 3.8) is 0 Å². The summed E-state index contributed by atoms with van der Waals surface area (Å²) in [4.78, 5) is 36.3. The molecular formula is C42H39FN4O6. The third-order valence-electron chi connectivity index (χ3n) is 7.72. The average molecular weight is 715 g/mol. The lowest BCUT2D eigenvalue weighted by Gasteiger charge is -2.24. The van der Waals surface area contributed by atoms with E-state index < -0.39 is 6.67 Å². The second-order valence-corrected chi connectivity index (χ2v) is 11.5. The smallest absolute Gasteiger partial charge is 0.243 e. The number of pyridine rings is 2. The van der Waals surface area contributed by atoms with Gasteiger partial charge in [-0.25, -0.2) is 14.4 Å². The van der Waals surface area contributed by atoms with Gasteiger partial charge in [-0.05, 0) is 60.7 Å². The molecule has 0 saturated heterocycles. The van der Waals surface area contributed by atoms with Gasteiger partial charge in [0.1, 0.15) is 47.7 Å². The molecule has 2 aromatic heterocycles. The van der Waals surface area contributed by atoms with Crippen LogP contribution in [0.4, 0.5) is 15.8 Å². The molecule has 2 heterocycles. The molecule has 6 aromatic rings. The van der Waals surface area contributed by atoms with Gasteiger partial charge < -0.3 is 29.1 Å². The van der Waals surface area contributed by atoms with Gasteiger partial charge in [-0.15, -0.1) is 0 Å². The quantitative estimate of drug-likeness (QED) is 0.126. The summed E-state index contributed by atoms with van der Waals surface area (Å²) in [6.45, 7) is 2.80. The van der Waals surface area contributed by atoms with Crippen molar-refractivity contribution in [1.82, 2.24) is 9.97 Å². The number of alkyl halides is 1. The van der Waals surface area contributed by atoms with Gasteiger partial charge in [0.25, 0.3) is 0 Å². The summed E-state index contributed by atoms with van der Waals surface area (Å²) in [5, 5.41) is 10.0. The number of nitrogens with zero attached hydrogens (tertiary/aromatic N) is 4. The van der Waals surface area contributed by atoms with Gasteiger partial charge in [-0.2, -0.15) is 0 Å². The Kier molecular flexibility index (Phi) is 13.5.